The molecule has 0 fully saturated rings. The number of rotatable bonds is 2. The Hall–Kier alpha value is -0.590. The molecule has 0 bridgehead atoms. The molecule has 0 saturated heterocycles. The second-order valence-corrected chi connectivity index (χ2v) is 3.43. The molecule has 0 aliphatic rings. The lowest BCUT2D eigenvalue weighted by molar-refractivity contribution is -0.138. The average Bonchev–Trinajstić information content (AvgIpc) is 2.49. The first-order valence-electron chi connectivity index (χ1n) is 3.48. The quantitative estimate of drug-likeness (QED) is 0.783. The molecule has 0 spiro atoms. The molecule has 1 unspecified atom stereocenters. The van der Waals surface area contributed by atoms with E-state index in [1.54, 1.807) is 0 Å². The van der Waals surface area contributed by atoms with Crippen LogP contribution in [0, 0.1) is 0 Å². The monoisotopic (exact) mass is 211 g/mol. The highest BCUT2D eigenvalue weighted by Gasteiger charge is 2.35. The van der Waals surface area contributed by atoms with E-state index >= 15 is 0 Å². The molecule has 74 valence electrons. The summed E-state index contributed by atoms with van der Waals surface area (Å²) in [5.74, 6) is 0. The number of thiophene rings is 1. The SMILES string of the molecule is NC(CO)c1sccc1C(F)(F)F. The lowest BCUT2D eigenvalue weighted by Gasteiger charge is -2.11. The van der Waals surface area contributed by atoms with E-state index in [4.69, 9.17) is 10.8 Å². The molecule has 0 aromatic carbocycles. The van der Waals surface area contributed by atoms with Gasteiger partial charge in [0, 0.05) is 4.88 Å². The van der Waals surface area contributed by atoms with Gasteiger partial charge >= 0.3 is 6.18 Å². The molecule has 0 radical (unpaired) electrons. The van der Waals surface area contributed by atoms with Crippen LogP contribution in [-0.4, -0.2) is 11.7 Å². The summed E-state index contributed by atoms with van der Waals surface area (Å²) in [6.07, 6.45) is -4.39. The fourth-order valence-corrected chi connectivity index (χ4v) is 1.84. The maximum absolute atomic E-state index is 12.2. The van der Waals surface area contributed by atoms with Gasteiger partial charge in [-0.3, -0.25) is 0 Å². The number of alkyl halides is 3. The Kier molecular flexibility index (Phi) is 2.94. The van der Waals surface area contributed by atoms with Crippen LogP contribution in [0.2, 0.25) is 0 Å². The van der Waals surface area contributed by atoms with Gasteiger partial charge in [-0.25, -0.2) is 0 Å². The number of hydrogen-bond acceptors (Lipinski definition) is 3. The van der Waals surface area contributed by atoms with Crippen LogP contribution in [0.3, 0.4) is 0 Å². The Morgan fingerprint density at radius 2 is 2.15 bits per heavy atom. The van der Waals surface area contributed by atoms with E-state index in [0.29, 0.717) is 0 Å². The maximum Gasteiger partial charge on any atom is 0.417 e. The van der Waals surface area contributed by atoms with Gasteiger partial charge in [0.2, 0.25) is 0 Å². The lowest BCUT2D eigenvalue weighted by atomic mass is 10.1. The zero-order valence-electron chi connectivity index (χ0n) is 6.51. The predicted octanol–water partition coefficient (Wildman–Crippen LogP) is 1.76. The van der Waals surface area contributed by atoms with Gasteiger partial charge in [-0.05, 0) is 11.4 Å². The third-order valence-corrected chi connectivity index (χ3v) is 2.58. The van der Waals surface area contributed by atoms with E-state index in [0.717, 1.165) is 17.4 Å². The zero-order chi connectivity index (χ0) is 10.1. The summed E-state index contributed by atoms with van der Waals surface area (Å²) >= 11 is 0.904. The van der Waals surface area contributed by atoms with Crippen molar-refractivity contribution in [1.82, 2.24) is 0 Å². The van der Waals surface area contributed by atoms with Crippen molar-refractivity contribution in [2.24, 2.45) is 5.73 Å². The van der Waals surface area contributed by atoms with Crippen molar-refractivity contribution in [3.8, 4) is 0 Å². The smallest absolute Gasteiger partial charge is 0.394 e. The van der Waals surface area contributed by atoms with Crippen molar-refractivity contribution >= 4 is 11.3 Å². The van der Waals surface area contributed by atoms with Gasteiger partial charge in [-0.15, -0.1) is 11.3 Å². The molecule has 0 amide bonds. The Morgan fingerprint density at radius 1 is 1.54 bits per heavy atom. The molecule has 6 heteroatoms. The molecule has 1 atom stereocenters. The highest BCUT2D eigenvalue weighted by molar-refractivity contribution is 7.10. The molecular weight excluding hydrogens is 203 g/mol. The van der Waals surface area contributed by atoms with E-state index in [1.165, 1.54) is 5.38 Å². The predicted molar refractivity (Wildman–Crippen MR) is 43.3 cm³/mol. The summed E-state index contributed by atoms with van der Waals surface area (Å²) in [7, 11) is 0. The molecule has 2 nitrogen and oxygen atoms in total. The summed E-state index contributed by atoms with van der Waals surface area (Å²) < 4.78 is 36.7. The van der Waals surface area contributed by atoms with Crippen molar-refractivity contribution in [2.75, 3.05) is 6.61 Å². The minimum absolute atomic E-state index is 0.0185. The van der Waals surface area contributed by atoms with Gasteiger partial charge in [0.1, 0.15) is 0 Å². The number of aliphatic hydroxyl groups is 1. The lowest BCUT2D eigenvalue weighted by Crippen LogP contribution is -2.17. The van der Waals surface area contributed by atoms with Gasteiger partial charge < -0.3 is 10.8 Å². The maximum atomic E-state index is 12.2. The fourth-order valence-electron chi connectivity index (χ4n) is 0.925. The molecule has 1 rings (SSSR count). The molecule has 0 saturated carbocycles. The number of nitrogens with two attached hydrogens (primary N) is 1. The fraction of sp³-hybridized carbons (Fsp3) is 0.429. The minimum Gasteiger partial charge on any atom is -0.394 e. The Labute approximate surface area is 76.8 Å². The van der Waals surface area contributed by atoms with Crippen molar-refractivity contribution in [3.05, 3.63) is 21.9 Å². The van der Waals surface area contributed by atoms with E-state index in [9.17, 15) is 13.2 Å². The van der Waals surface area contributed by atoms with E-state index in [2.05, 4.69) is 0 Å². The highest BCUT2D eigenvalue weighted by Crippen LogP contribution is 2.36. The van der Waals surface area contributed by atoms with Crippen LogP contribution in [0.5, 0.6) is 0 Å². The largest absolute Gasteiger partial charge is 0.417 e. The minimum atomic E-state index is -4.39. The standard InChI is InChI=1S/C7H8F3NOS/c8-7(9,10)4-1-2-13-6(4)5(11)3-12/h1-2,5,12H,3,11H2. The van der Waals surface area contributed by atoms with Crippen molar-refractivity contribution in [3.63, 3.8) is 0 Å². The molecule has 13 heavy (non-hydrogen) atoms. The van der Waals surface area contributed by atoms with E-state index in [-0.39, 0.29) is 4.88 Å². The van der Waals surface area contributed by atoms with Crippen molar-refractivity contribution < 1.29 is 18.3 Å². The van der Waals surface area contributed by atoms with Crippen LogP contribution in [-0.2, 0) is 6.18 Å². The average molecular weight is 211 g/mol. The molecule has 3 N–H and O–H groups in total. The Bertz CT molecular complexity index is 284. The van der Waals surface area contributed by atoms with Crippen LogP contribution < -0.4 is 5.73 Å². The first-order valence-corrected chi connectivity index (χ1v) is 4.35. The van der Waals surface area contributed by atoms with E-state index < -0.39 is 24.4 Å². The third-order valence-electron chi connectivity index (χ3n) is 1.53. The number of halogens is 3. The van der Waals surface area contributed by atoms with Crippen LogP contribution in [0.4, 0.5) is 13.2 Å². The van der Waals surface area contributed by atoms with Gasteiger partial charge in [-0.1, -0.05) is 0 Å². The first kappa shape index (κ1) is 10.5. The van der Waals surface area contributed by atoms with Crippen molar-refractivity contribution in [2.45, 2.75) is 12.2 Å². The van der Waals surface area contributed by atoms with Crippen LogP contribution in [0.15, 0.2) is 11.4 Å². The second kappa shape index (κ2) is 3.65. The highest BCUT2D eigenvalue weighted by atomic mass is 32.1. The first-order chi connectivity index (χ1) is 5.96. The summed E-state index contributed by atoms with van der Waals surface area (Å²) in [4.78, 5) is -0.0185. The summed E-state index contributed by atoms with van der Waals surface area (Å²) in [6.45, 7) is -0.483. The van der Waals surface area contributed by atoms with Gasteiger partial charge in [0.15, 0.2) is 0 Å². The van der Waals surface area contributed by atoms with Crippen LogP contribution in [0.25, 0.3) is 0 Å². The molecular formula is C7H8F3NOS. The van der Waals surface area contributed by atoms with Crippen LogP contribution >= 0.6 is 11.3 Å². The van der Waals surface area contributed by atoms with Gasteiger partial charge in [0.25, 0.3) is 0 Å². The molecule has 1 aromatic heterocycles. The third kappa shape index (κ3) is 2.20. The molecule has 0 aliphatic heterocycles. The summed E-state index contributed by atoms with van der Waals surface area (Å²) in [5.41, 5.74) is 4.55. The molecule has 1 aromatic rings. The summed E-state index contributed by atoms with van der Waals surface area (Å²) in [5, 5.41) is 9.92. The van der Waals surface area contributed by atoms with E-state index in [1.807, 2.05) is 0 Å². The molecule has 1 heterocycles. The van der Waals surface area contributed by atoms with Gasteiger partial charge in [0.05, 0.1) is 18.2 Å². The zero-order valence-corrected chi connectivity index (χ0v) is 7.32. The Morgan fingerprint density at radius 3 is 2.62 bits per heavy atom. The normalized spacial score (nSPS) is 14.5. The van der Waals surface area contributed by atoms with Gasteiger partial charge in [-0.2, -0.15) is 13.2 Å². The number of aliphatic hydroxyl groups excluding tert-OH is 1. The molecule has 0 aliphatic carbocycles. The number of hydrogen-bond donors (Lipinski definition) is 2. The second-order valence-electron chi connectivity index (χ2n) is 2.49. The van der Waals surface area contributed by atoms with Crippen LogP contribution in [0.1, 0.15) is 16.5 Å². The van der Waals surface area contributed by atoms with Crippen molar-refractivity contribution in [1.29, 1.82) is 0 Å². The topological polar surface area (TPSA) is 46.2 Å². The Balaban J connectivity index is 3.03. The summed E-state index contributed by atoms with van der Waals surface area (Å²) in [6, 6.07) is 0.0202.